The number of nitrogens with zero attached hydrogens (tertiary/aromatic N) is 4. The first-order chi connectivity index (χ1) is 15.3. The molecular weight excluding hydrogens is 408 g/mol. The maximum Gasteiger partial charge on any atom is 0.336 e. The fraction of sp³-hybridized carbons (Fsp3) is 0.261. The molecule has 0 aliphatic carbocycles. The first-order valence-corrected chi connectivity index (χ1v) is 9.51. The van der Waals surface area contributed by atoms with Crippen molar-refractivity contribution in [2.24, 2.45) is 5.92 Å². The fourth-order valence-corrected chi connectivity index (χ4v) is 4.00. The Morgan fingerprint density at radius 3 is 1.88 bits per heavy atom. The van der Waals surface area contributed by atoms with Gasteiger partial charge in [0.1, 0.15) is 11.8 Å². The van der Waals surface area contributed by atoms with Gasteiger partial charge in [-0.25, -0.2) is 4.79 Å². The van der Waals surface area contributed by atoms with E-state index in [9.17, 15) is 20.6 Å². The van der Waals surface area contributed by atoms with Crippen molar-refractivity contribution in [3.05, 3.63) is 68.7 Å². The monoisotopic (exact) mass is 426 g/mol. The number of rotatable bonds is 3. The molecule has 0 amide bonds. The summed E-state index contributed by atoms with van der Waals surface area (Å²) in [6.07, 6.45) is 0. The van der Waals surface area contributed by atoms with Crippen molar-refractivity contribution in [3.63, 3.8) is 0 Å². The number of methoxy groups -OCH3 is 1. The molecule has 158 valence electrons. The van der Waals surface area contributed by atoms with Crippen LogP contribution in [-0.4, -0.2) is 13.1 Å². The Bertz CT molecular complexity index is 1270. The number of nitrogens with one attached hydrogen (secondary N) is 2. The van der Waals surface area contributed by atoms with Crippen LogP contribution in [0.5, 0.6) is 0 Å². The smallest absolute Gasteiger partial charge is 0.336 e. The molecule has 0 saturated heterocycles. The Kier molecular flexibility index (Phi) is 5.88. The normalized spacial score (nSPS) is 18.8. The van der Waals surface area contributed by atoms with E-state index in [2.05, 4.69) is 28.8 Å². The summed E-state index contributed by atoms with van der Waals surface area (Å²) in [5, 5.41) is 44.8. The van der Waals surface area contributed by atoms with Crippen molar-refractivity contribution >= 4 is 5.97 Å². The maximum absolute atomic E-state index is 13.0. The topological polar surface area (TPSA) is 159 Å². The highest BCUT2D eigenvalue weighted by Gasteiger charge is 2.42. The van der Waals surface area contributed by atoms with Crippen LogP contribution in [0.3, 0.4) is 0 Å². The first-order valence-electron chi connectivity index (χ1n) is 9.51. The minimum atomic E-state index is -0.985. The lowest BCUT2D eigenvalue weighted by molar-refractivity contribution is -0.136. The van der Waals surface area contributed by atoms with E-state index in [4.69, 9.17) is 14.4 Å². The third-order valence-electron chi connectivity index (χ3n) is 5.43. The molecule has 0 bridgehead atoms. The van der Waals surface area contributed by atoms with Crippen molar-refractivity contribution in [2.45, 2.75) is 26.7 Å². The predicted octanol–water partition coefficient (Wildman–Crippen LogP) is 2.88. The molecule has 3 rings (SSSR count). The molecule has 0 spiro atoms. The van der Waals surface area contributed by atoms with Gasteiger partial charge in [-0.15, -0.1) is 0 Å². The predicted molar refractivity (Wildman–Crippen MR) is 110 cm³/mol. The minimum Gasteiger partial charge on any atom is -0.466 e. The van der Waals surface area contributed by atoms with Gasteiger partial charge in [-0.3, -0.25) is 0 Å². The molecule has 1 aromatic rings. The van der Waals surface area contributed by atoms with Gasteiger partial charge in [-0.2, -0.15) is 21.0 Å². The summed E-state index contributed by atoms with van der Waals surface area (Å²) in [4.78, 5) is 13.0. The SMILES string of the molecule is COC(=O)C1=C(C2C(C#N)=C(C)NC(C)=C2C#N)NC(C)=C(C#N)C1c1ccc(C#N)o1. The van der Waals surface area contributed by atoms with Gasteiger partial charge < -0.3 is 19.8 Å². The van der Waals surface area contributed by atoms with E-state index in [1.54, 1.807) is 20.8 Å². The van der Waals surface area contributed by atoms with Crippen LogP contribution in [0, 0.1) is 51.2 Å². The fourth-order valence-electron chi connectivity index (χ4n) is 4.00. The standard InChI is InChI=1S/C23H18N6O3/c1-11-15(8-25)19(16(9-26)12(2)28-11)22-21(23(30)31-4)20(17(10-27)13(3)29-22)18-6-5-14(7-24)32-18/h5-6,19-20,28-29H,1-4H3. The summed E-state index contributed by atoms with van der Waals surface area (Å²) in [5.41, 5.74) is 2.49. The van der Waals surface area contributed by atoms with Crippen molar-refractivity contribution in [1.82, 2.24) is 10.6 Å². The highest BCUT2D eigenvalue weighted by molar-refractivity contribution is 5.93. The second-order valence-electron chi connectivity index (χ2n) is 7.20. The zero-order valence-electron chi connectivity index (χ0n) is 17.8. The van der Waals surface area contributed by atoms with Gasteiger partial charge in [0, 0.05) is 22.8 Å². The second kappa shape index (κ2) is 8.56. The van der Waals surface area contributed by atoms with Crippen molar-refractivity contribution in [1.29, 1.82) is 21.0 Å². The summed E-state index contributed by atoms with van der Waals surface area (Å²) in [6, 6.07) is 11.2. The number of esters is 1. The number of hydrogen-bond acceptors (Lipinski definition) is 9. The number of dihydropyridines is 2. The van der Waals surface area contributed by atoms with Gasteiger partial charge in [0.2, 0.25) is 5.76 Å². The minimum absolute atomic E-state index is 0.0167. The van der Waals surface area contributed by atoms with E-state index in [1.165, 1.54) is 19.2 Å². The highest BCUT2D eigenvalue weighted by atomic mass is 16.5. The van der Waals surface area contributed by atoms with Gasteiger partial charge in [0.15, 0.2) is 0 Å². The molecule has 3 heterocycles. The molecule has 2 aliphatic heterocycles. The zero-order valence-corrected chi connectivity index (χ0v) is 17.8. The van der Waals surface area contributed by atoms with Crippen LogP contribution in [0.2, 0.25) is 0 Å². The summed E-state index contributed by atoms with van der Waals surface area (Å²) in [5.74, 6) is -2.41. The molecule has 32 heavy (non-hydrogen) atoms. The van der Waals surface area contributed by atoms with E-state index >= 15 is 0 Å². The van der Waals surface area contributed by atoms with Crippen LogP contribution in [0.15, 0.2) is 61.6 Å². The molecular formula is C23H18N6O3. The summed E-state index contributed by atoms with van der Waals surface area (Å²) < 4.78 is 10.6. The molecule has 0 saturated carbocycles. The molecule has 1 unspecified atom stereocenters. The van der Waals surface area contributed by atoms with Gasteiger partial charge >= 0.3 is 5.97 Å². The van der Waals surface area contributed by atoms with Crippen LogP contribution >= 0.6 is 0 Å². The zero-order chi connectivity index (χ0) is 23.6. The van der Waals surface area contributed by atoms with E-state index < -0.39 is 17.8 Å². The van der Waals surface area contributed by atoms with E-state index in [1.807, 2.05) is 6.07 Å². The van der Waals surface area contributed by atoms with Gasteiger partial charge in [0.05, 0.1) is 59.4 Å². The average Bonchev–Trinajstić information content (AvgIpc) is 3.26. The molecule has 9 nitrogen and oxygen atoms in total. The Hall–Kier alpha value is -4.73. The quantitative estimate of drug-likeness (QED) is 0.693. The lowest BCUT2D eigenvalue weighted by Gasteiger charge is -2.34. The average molecular weight is 426 g/mol. The van der Waals surface area contributed by atoms with Crippen LogP contribution in [0.25, 0.3) is 0 Å². The van der Waals surface area contributed by atoms with Crippen LogP contribution < -0.4 is 10.6 Å². The Labute approximate surface area is 184 Å². The summed E-state index contributed by atoms with van der Waals surface area (Å²) >= 11 is 0. The summed E-state index contributed by atoms with van der Waals surface area (Å²) in [6.45, 7) is 5.06. The molecule has 0 radical (unpaired) electrons. The van der Waals surface area contributed by atoms with E-state index in [0.717, 1.165) is 0 Å². The van der Waals surface area contributed by atoms with E-state index in [0.29, 0.717) is 17.1 Å². The Balaban J connectivity index is 2.40. The molecule has 2 N–H and O–H groups in total. The summed E-state index contributed by atoms with van der Waals surface area (Å²) in [7, 11) is 1.20. The third kappa shape index (κ3) is 3.39. The number of hydrogen-bond donors (Lipinski definition) is 2. The van der Waals surface area contributed by atoms with Gasteiger partial charge in [-0.05, 0) is 32.9 Å². The molecule has 1 aromatic heterocycles. The van der Waals surface area contributed by atoms with Crippen molar-refractivity contribution in [3.8, 4) is 24.3 Å². The number of allylic oxidation sites excluding steroid dienone is 5. The second-order valence-corrected chi connectivity index (χ2v) is 7.20. The highest BCUT2D eigenvalue weighted by Crippen LogP contribution is 2.44. The molecule has 0 aromatic carbocycles. The maximum atomic E-state index is 13.0. The number of ether oxygens (including phenoxy) is 1. The Morgan fingerprint density at radius 2 is 1.41 bits per heavy atom. The first kappa shape index (κ1) is 22.0. The van der Waals surface area contributed by atoms with Crippen LogP contribution in [0.4, 0.5) is 0 Å². The molecule has 0 fully saturated rings. The molecule has 2 aliphatic rings. The lowest BCUT2D eigenvalue weighted by Crippen LogP contribution is -2.36. The van der Waals surface area contributed by atoms with E-state index in [-0.39, 0.29) is 39.5 Å². The number of carbonyl (C=O) groups excluding carboxylic acids is 1. The van der Waals surface area contributed by atoms with Crippen molar-refractivity contribution < 1.29 is 13.9 Å². The number of furan rings is 1. The third-order valence-corrected chi connectivity index (χ3v) is 5.43. The van der Waals surface area contributed by atoms with Crippen LogP contribution in [0.1, 0.15) is 38.2 Å². The lowest BCUT2D eigenvalue weighted by atomic mass is 9.76. The van der Waals surface area contributed by atoms with Gasteiger partial charge in [-0.1, -0.05) is 0 Å². The molecule has 9 heteroatoms. The van der Waals surface area contributed by atoms with Crippen molar-refractivity contribution in [2.75, 3.05) is 7.11 Å². The van der Waals surface area contributed by atoms with Gasteiger partial charge in [0.25, 0.3) is 0 Å². The number of carbonyl (C=O) groups is 1. The Morgan fingerprint density at radius 1 is 0.875 bits per heavy atom. The van der Waals surface area contributed by atoms with Crippen LogP contribution in [-0.2, 0) is 9.53 Å². The number of nitriles is 4. The largest absolute Gasteiger partial charge is 0.466 e. The molecule has 1 atom stereocenters.